The molecule has 0 aromatic carbocycles. The summed E-state index contributed by atoms with van der Waals surface area (Å²) in [5, 5.41) is 15.2. The molecular formula is C12H21BrN2OS. The average Bonchev–Trinajstić information content (AvgIpc) is 2.64. The van der Waals surface area contributed by atoms with E-state index in [-0.39, 0.29) is 6.10 Å². The van der Waals surface area contributed by atoms with Gasteiger partial charge in [-0.3, -0.25) is 4.90 Å². The molecule has 3 nitrogen and oxygen atoms in total. The van der Waals surface area contributed by atoms with Crippen molar-refractivity contribution in [3.63, 3.8) is 0 Å². The van der Waals surface area contributed by atoms with Gasteiger partial charge in [0.05, 0.1) is 9.89 Å². The summed E-state index contributed by atoms with van der Waals surface area (Å²) in [6.45, 7) is 5.35. The van der Waals surface area contributed by atoms with Crippen LogP contribution in [-0.2, 0) is 6.54 Å². The molecule has 5 heteroatoms. The summed E-state index contributed by atoms with van der Waals surface area (Å²) in [6.07, 6.45) is 0.805. The second kappa shape index (κ2) is 8.21. The van der Waals surface area contributed by atoms with Crippen LogP contribution in [0.3, 0.4) is 0 Å². The summed E-state index contributed by atoms with van der Waals surface area (Å²) < 4.78 is 1.16. The molecule has 98 valence electrons. The zero-order chi connectivity index (χ0) is 12.7. The maximum atomic E-state index is 9.82. The molecule has 0 radical (unpaired) electrons. The summed E-state index contributed by atoms with van der Waals surface area (Å²) in [6, 6.07) is 2.13. The van der Waals surface area contributed by atoms with E-state index in [4.69, 9.17) is 0 Å². The zero-order valence-corrected chi connectivity index (χ0v) is 12.9. The first-order chi connectivity index (χ1) is 8.11. The standard InChI is InChI=1S/C12H21BrN2OS/c1-3-4-14-6-11(16)8-15(2)7-10-5-12(13)17-9-10/h5,9,11,14,16H,3-4,6-8H2,1-2H3. The number of hydrogen-bond acceptors (Lipinski definition) is 4. The van der Waals surface area contributed by atoms with E-state index in [9.17, 15) is 5.11 Å². The molecule has 0 aliphatic heterocycles. The molecule has 0 saturated carbocycles. The van der Waals surface area contributed by atoms with Crippen LogP contribution in [0, 0.1) is 0 Å². The molecule has 17 heavy (non-hydrogen) atoms. The average molecular weight is 321 g/mol. The van der Waals surface area contributed by atoms with E-state index in [0.29, 0.717) is 13.1 Å². The molecule has 1 aromatic heterocycles. The Balaban J connectivity index is 2.21. The molecule has 1 heterocycles. The number of aliphatic hydroxyl groups excluding tert-OH is 1. The van der Waals surface area contributed by atoms with Crippen molar-refractivity contribution in [3.8, 4) is 0 Å². The molecule has 0 saturated heterocycles. The van der Waals surface area contributed by atoms with Crippen molar-refractivity contribution >= 4 is 27.3 Å². The fraction of sp³-hybridized carbons (Fsp3) is 0.667. The lowest BCUT2D eigenvalue weighted by Gasteiger charge is -2.20. The lowest BCUT2D eigenvalue weighted by Crippen LogP contribution is -2.36. The second-order valence-corrected chi connectivity index (χ2v) is 6.60. The van der Waals surface area contributed by atoms with Crippen LogP contribution in [0.2, 0.25) is 0 Å². The van der Waals surface area contributed by atoms with Gasteiger partial charge in [-0.2, -0.15) is 0 Å². The quantitative estimate of drug-likeness (QED) is 0.721. The molecule has 1 unspecified atom stereocenters. The van der Waals surface area contributed by atoms with Crippen LogP contribution in [0.4, 0.5) is 0 Å². The Morgan fingerprint density at radius 2 is 2.35 bits per heavy atom. The molecule has 0 spiro atoms. The number of thiophene rings is 1. The van der Waals surface area contributed by atoms with Gasteiger partial charge in [0.2, 0.25) is 0 Å². The van der Waals surface area contributed by atoms with Gasteiger partial charge in [0.25, 0.3) is 0 Å². The largest absolute Gasteiger partial charge is 0.390 e. The highest BCUT2D eigenvalue weighted by molar-refractivity contribution is 9.11. The van der Waals surface area contributed by atoms with Gasteiger partial charge in [-0.25, -0.2) is 0 Å². The van der Waals surface area contributed by atoms with Crippen molar-refractivity contribution in [2.45, 2.75) is 26.0 Å². The monoisotopic (exact) mass is 320 g/mol. The lowest BCUT2D eigenvalue weighted by molar-refractivity contribution is 0.121. The van der Waals surface area contributed by atoms with E-state index in [1.54, 1.807) is 11.3 Å². The number of likely N-dealkylation sites (N-methyl/N-ethyl adjacent to an activating group) is 1. The lowest BCUT2D eigenvalue weighted by atomic mass is 10.3. The highest BCUT2D eigenvalue weighted by Crippen LogP contribution is 2.21. The first-order valence-electron chi connectivity index (χ1n) is 5.92. The van der Waals surface area contributed by atoms with Gasteiger partial charge < -0.3 is 10.4 Å². The number of nitrogens with zero attached hydrogens (tertiary/aromatic N) is 1. The van der Waals surface area contributed by atoms with Crippen molar-refractivity contribution in [1.29, 1.82) is 0 Å². The minimum atomic E-state index is -0.298. The predicted molar refractivity (Wildman–Crippen MR) is 77.5 cm³/mol. The first kappa shape index (κ1) is 15.1. The van der Waals surface area contributed by atoms with Crippen LogP contribution < -0.4 is 5.32 Å². The highest BCUT2D eigenvalue weighted by atomic mass is 79.9. The number of halogens is 1. The van der Waals surface area contributed by atoms with Crippen LogP contribution in [-0.4, -0.2) is 42.8 Å². The molecule has 1 rings (SSSR count). The summed E-state index contributed by atoms with van der Waals surface area (Å²) >= 11 is 5.15. The molecule has 1 atom stereocenters. The van der Waals surface area contributed by atoms with E-state index in [0.717, 1.165) is 23.3 Å². The van der Waals surface area contributed by atoms with Crippen LogP contribution in [0.15, 0.2) is 15.2 Å². The van der Waals surface area contributed by atoms with Crippen LogP contribution in [0.5, 0.6) is 0 Å². The SMILES string of the molecule is CCCNCC(O)CN(C)Cc1csc(Br)c1. The van der Waals surface area contributed by atoms with Gasteiger partial charge >= 0.3 is 0 Å². The summed E-state index contributed by atoms with van der Waals surface area (Å²) in [5.74, 6) is 0. The molecule has 0 bridgehead atoms. The molecule has 2 N–H and O–H groups in total. The summed E-state index contributed by atoms with van der Waals surface area (Å²) in [7, 11) is 2.04. The Labute approximate surface area is 116 Å². The Morgan fingerprint density at radius 1 is 1.59 bits per heavy atom. The third kappa shape index (κ3) is 6.52. The van der Waals surface area contributed by atoms with E-state index >= 15 is 0 Å². The fourth-order valence-electron chi connectivity index (χ4n) is 1.67. The van der Waals surface area contributed by atoms with Gasteiger partial charge in [0, 0.05) is 19.6 Å². The summed E-state index contributed by atoms with van der Waals surface area (Å²) in [4.78, 5) is 2.15. The Hall–Kier alpha value is 0.0600. The minimum absolute atomic E-state index is 0.298. The Bertz CT molecular complexity index is 319. The van der Waals surface area contributed by atoms with Crippen molar-refractivity contribution in [2.24, 2.45) is 0 Å². The second-order valence-electron chi connectivity index (χ2n) is 4.31. The minimum Gasteiger partial charge on any atom is -0.390 e. The molecular weight excluding hydrogens is 300 g/mol. The van der Waals surface area contributed by atoms with Gasteiger partial charge in [0.1, 0.15) is 0 Å². The number of nitrogens with one attached hydrogen (secondary N) is 1. The maximum absolute atomic E-state index is 9.82. The van der Waals surface area contributed by atoms with Gasteiger partial charge in [-0.1, -0.05) is 6.92 Å². The normalized spacial score (nSPS) is 13.2. The van der Waals surface area contributed by atoms with E-state index in [1.807, 2.05) is 7.05 Å². The van der Waals surface area contributed by atoms with Crippen LogP contribution in [0.25, 0.3) is 0 Å². The van der Waals surface area contributed by atoms with E-state index in [1.165, 1.54) is 5.56 Å². The van der Waals surface area contributed by atoms with Crippen molar-refractivity contribution < 1.29 is 5.11 Å². The van der Waals surface area contributed by atoms with E-state index < -0.39 is 0 Å². The van der Waals surface area contributed by atoms with E-state index in [2.05, 4.69) is 44.5 Å². The number of rotatable bonds is 8. The maximum Gasteiger partial charge on any atom is 0.0791 e. The number of aliphatic hydroxyl groups is 1. The fourth-order valence-corrected chi connectivity index (χ4v) is 2.88. The molecule has 0 fully saturated rings. The van der Waals surface area contributed by atoms with Gasteiger partial charge in [-0.05, 0) is 53.0 Å². The van der Waals surface area contributed by atoms with Crippen LogP contribution >= 0.6 is 27.3 Å². The zero-order valence-electron chi connectivity index (χ0n) is 10.4. The molecule has 0 amide bonds. The molecule has 0 aliphatic rings. The van der Waals surface area contributed by atoms with Crippen molar-refractivity contribution in [3.05, 3.63) is 20.8 Å². The van der Waals surface area contributed by atoms with Gasteiger partial charge in [0.15, 0.2) is 0 Å². The molecule has 1 aromatic rings. The topological polar surface area (TPSA) is 35.5 Å². The van der Waals surface area contributed by atoms with Crippen molar-refractivity contribution in [2.75, 3.05) is 26.7 Å². The smallest absolute Gasteiger partial charge is 0.0791 e. The Kier molecular flexibility index (Phi) is 7.30. The van der Waals surface area contributed by atoms with Gasteiger partial charge in [-0.15, -0.1) is 11.3 Å². The third-order valence-electron chi connectivity index (χ3n) is 2.40. The first-order valence-corrected chi connectivity index (χ1v) is 7.59. The van der Waals surface area contributed by atoms with Crippen LogP contribution in [0.1, 0.15) is 18.9 Å². The molecule has 0 aliphatic carbocycles. The van der Waals surface area contributed by atoms with Crippen molar-refractivity contribution in [1.82, 2.24) is 10.2 Å². The predicted octanol–water partition coefficient (Wildman–Crippen LogP) is 2.30. The third-order valence-corrected chi connectivity index (χ3v) is 3.96. The number of hydrogen-bond donors (Lipinski definition) is 2. The Morgan fingerprint density at radius 3 is 2.94 bits per heavy atom. The summed E-state index contributed by atoms with van der Waals surface area (Å²) in [5.41, 5.74) is 1.29. The highest BCUT2D eigenvalue weighted by Gasteiger charge is 2.08.